The second-order valence-electron chi connectivity index (χ2n) is 3.35. The van der Waals surface area contributed by atoms with Crippen molar-refractivity contribution in [2.75, 3.05) is 6.54 Å². The summed E-state index contributed by atoms with van der Waals surface area (Å²) in [5.74, 6) is 1.16. The summed E-state index contributed by atoms with van der Waals surface area (Å²) in [4.78, 5) is 0. The lowest BCUT2D eigenvalue weighted by Crippen LogP contribution is -2.24. The van der Waals surface area contributed by atoms with Crippen LogP contribution in [0.2, 0.25) is 0 Å². The Morgan fingerprint density at radius 1 is 1.54 bits per heavy atom. The molecule has 1 aromatic carbocycles. The Morgan fingerprint density at radius 2 is 2.38 bits per heavy atom. The molecule has 0 spiro atoms. The van der Waals surface area contributed by atoms with E-state index in [1.165, 1.54) is 0 Å². The summed E-state index contributed by atoms with van der Waals surface area (Å²) in [6.45, 7) is 3.62. The third kappa shape index (κ3) is 1.75. The Morgan fingerprint density at radius 3 is 3.23 bits per heavy atom. The van der Waals surface area contributed by atoms with E-state index in [-0.39, 0.29) is 6.10 Å². The SMILES string of the molecule is CC1CNCc2cc(O)ccc2O1. The number of aromatic hydroxyl groups is 1. The zero-order valence-electron chi connectivity index (χ0n) is 7.58. The summed E-state index contributed by atoms with van der Waals surface area (Å²) < 4.78 is 5.64. The molecule has 0 aliphatic carbocycles. The van der Waals surface area contributed by atoms with E-state index in [1.807, 2.05) is 13.0 Å². The third-order valence-electron chi connectivity index (χ3n) is 2.12. The zero-order valence-corrected chi connectivity index (χ0v) is 7.58. The molecule has 2 N–H and O–H groups in total. The average molecular weight is 179 g/mol. The smallest absolute Gasteiger partial charge is 0.124 e. The van der Waals surface area contributed by atoms with Crippen LogP contribution in [0.15, 0.2) is 18.2 Å². The zero-order chi connectivity index (χ0) is 9.26. The number of hydrogen-bond acceptors (Lipinski definition) is 3. The van der Waals surface area contributed by atoms with Gasteiger partial charge in [0.2, 0.25) is 0 Å². The molecule has 0 saturated carbocycles. The highest BCUT2D eigenvalue weighted by Gasteiger charge is 2.13. The molecule has 0 fully saturated rings. The van der Waals surface area contributed by atoms with Crippen LogP contribution in [0.3, 0.4) is 0 Å². The Balaban J connectivity index is 2.34. The van der Waals surface area contributed by atoms with Crippen LogP contribution >= 0.6 is 0 Å². The fourth-order valence-electron chi connectivity index (χ4n) is 1.49. The lowest BCUT2D eigenvalue weighted by Gasteiger charge is -2.11. The molecule has 1 heterocycles. The maximum atomic E-state index is 9.26. The molecule has 0 aromatic heterocycles. The largest absolute Gasteiger partial charge is 0.508 e. The summed E-state index contributed by atoms with van der Waals surface area (Å²) in [7, 11) is 0. The quantitative estimate of drug-likeness (QED) is 0.630. The molecule has 70 valence electrons. The van der Waals surface area contributed by atoms with Crippen LogP contribution in [0.5, 0.6) is 11.5 Å². The highest BCUT2D eigenvalue weighted by Crippen LogP contribution is 2.25. The summed E-state index contributed by atoms with van der Waals surface area (Å²) in [5, 5.41) is 12.5. The van der Waals surface area contributed by atoms with E-state index in [0.717, 1.165) is 24.4 Å². The second-order valence-corrected chi connectivity index (χ2v) is 3.35. The molecule has 2 rings (SSSR count). The van der Waals surface area contributed by atoms with E-state index in [4.69, 9.17) is 4.74 Å². The van der Waals surface area contributed by atoms with E-state index in [0.29, 0.717) is 5.75 Å². The van der Waals surface area contributed by atoms with Gasteiger partial charge in [0.15, 0.2) is 0 Å². The van der Waals surface area contributed by atoms with Gasteiger partial charge in [-0.2, -0.15) is 0 Å². The molecule has 3 heteroatoms. The molecule has 1 aliphatic rings. The van der Waals surface area contributed by atoms with E-state index in [9.17, 15) is 5.11 Å². The second kappa shape index (κ2) is 3.26. The van der Waals surface area contributed by atoms with Gasteiger partial charge >= 0.3 is 0 Å². The standard InChI is InChI=1S/C10H13NO2/c1-7-5-11-6-8-4-9(12)2-3-10(8)13-7/h2-4,7,11-12H,5-6H2,1H3. The van der Waals surface area contributed by atoms with Crippen LogP contribution in [0, 0.1) is 0 Å². The van der Waals surface area contributed by atoms with Crippen LogP contribution in [0.1, 0.15) is 12.5 Å². The van der Waals surface area contributed by atoms with Crippen LogP contribution < -0.4 is 10.1 Å². The maximum Gasteiger partial charge on any atom is 0.124 e. The summed E-state index contributed by atoms with van der Waals surface area (Å²) in [5.41, 5.74) is 1.02. The predicted octanol–water partition coefficient (Wildman–Crippen LogP) is 1.26. The van der Waals surface area contributed by atoms with Crippen LogP contribution in [-0.2, 0) is 6.54 Å². The van der Waals surface area contributed by atoms with Gasteiger partial charge < -0.3 is 15.2 Å². The molecule has 1 aromatic rings. The minimum absolute atomic E-state index is 0.186. The number of fused-ring (bicyclic) bond motifs is 1. The number of phenolic OH excluding ortho intramolecular Hbond substituents is 1. The molecule has 3 nitrogen and oxygen atoms in total. The molecule has 1 aliphatic heterocycles. The van der Waals surface area contributed by atoms with Crippen molar-refractivity contribution in [3.63, 3.8) is 0 Å². The highest BCUT2D eigenvalue weighted by atomic mass is 16.5. The number of nitrogens with one attached hydrogen (secondary N) is 1. The molecular weight excluding hydrogens is 166 g/mol. The van der Waals surface area contributed by atoms with Crippen molar-refractivity contribution in [1.29, 1.82) is 0 Å². The van der Waals surface area contributed by atoms with Gasteiger partial charge in [0.25, 0.3) is 0 Å². The molecule has 0 bridgehead atoms. The van der Waals surface area contributed by atoms with Gasteiger partial charge in [0.05, 0.1) is 0 Å². The first-order chi connectivity index (χ1) is 6.25. The minimum Gasteiger partial charge on any atom is -0.508 e. The van der Waals surface area contributed by atoms with Crippen molar-refractivity contribution in [1.82, 2.24) is 5.32 Å². The Labute approximate surface area is 77.3 Å². The van der Waals surface area contributed by atoms with Crippen molar-refractivity contribution < 1.29 is 9.84 Å². The predicted molar refractivity (Wildman–Crippen MR) is 49.9 cm³/mol. The van der Waals surface area contributed by atoms with Crippen molar-refractivity contribution in [3.05, 3.63) is 23.8 Å². The van der Waals surface area contributed by atoms with E-state index in [1.54, 1.807) is 12.1 Å². The Bertz CT molecular complexity index is 312. The van der Waals surface area contributed by atoms with E-state index in [2.05, 4.69) is 5.32 Å². The number of rotatable bonds is 0. The molecule has 1 unspecified atom stereocenters. The van der Waals surface area contributed by atoms with Gasteiger partial charge in [-0.05, 0) is 25.1 Å². The van der Waals surface area contributed by atoms with E-state index < -0.39 is 0 Å². The average Bonchev–Trinajstić information content (AvgIpc) is 2.25. The fraction of sp³-hybridized carbons (Fsp3) is 0.400. The third-order valence-corrected chi connectivity index (χ3v) is 2.12. The first-order valence-electron chi connectivity index (χ1n) is 4.45. The topological polar surface area (TPSA) is 41.5 Å². The molecule has 0 amide bonds. The molecule has 1 atom stereocenters. The summed E-state index contributed by atoms with van der Waals surface area (Å²) >= 11 is 0. The lowest BCUT2D eigenvalue weighted by molar-refractivity contribution is 0.226. The van der Waals surface area contributed by atoms with Crippen LogP contribution in [-0.4, -0.2) is 17.8 Å². The normalized spacial score (nSPS) is 21.5. The van der Waals surface area contributed by atoms with Crippen molar-refractivity contribution in [3.8, 4) is 11.5 Å². The van der Waals surface area contributed by atoms with Gasteiger partial charge in [-0.1, -0.05) is 0 Å². The van der Waals surface area contributed by atoms with Crippen LogP contribution in [0.4, 0.5) is 0 Å². The highest BCUT2D eigenvalue weighted by molar-refractivity contribution is 5.40. The number of phenols is 1. The number of hydrogen-bond donors (Lipinski definition) is 2. The monoisotopic (exact) mass is 179 g/mol. The van der Waals surface area contributed by atoms with Crippen molar-refractivity contribution in [2.45, 2.75) is 19.6 Å². The number of benzene rings is 1. The van der Waals surface area contributed by atoms with Gasteiger partial charge in [-0.3, -0.25) is 0 Å². The maximum absolute atomic E-state index is 9.26. The van der Waals surface area contributed by atoms with Crippen LogP contribution in [0.25, 0.3) is 0 Å². The summed E-state index contributed by atoms with van der Waals surface area (Å²) in [6, 6.07) is 5.20. The lowest BCUT2D eigenvalue weighted by atomic mass is 10.2. The Hall–Kier alpha value is -1.22. The molecular formula is C10H13NO2. The van der Waals surface area contributed by atoms with Crippen molar-refractivity contribution >= 4 is 0 Å². The summed E-state index contributed by atoms with van der Waals surface area (Å²) in [6.07, 6.45) is 0.186. The molecule has 13 heavy (non-hydrogen) atoms. The Kier molecular flexibility index (Phi) is 2.10. The molecule has 0 saturated heterocycles. The van der Waals surface area contributed by atoms with Gasteiger partial charge in [-0.25, -0.2) is 0 Å². The first-order valence-corrected chi connectivity index (χ1v) is 4.45. The molecule has 0 radical (unpaired) electrons. The number of ether oxygens (including phenoxy) is 1. The fourth-order valence-corrected chi connectivity index (χ4v) is 1.49. The minimum atomic E-state index is 0.186. The van der Waals surface area contributed by atoms with Crippen molar-refractivity contribution in [2.24, 2.45) is 0 Å². The van der Waals surface area contributed by atoms with Gasteiger partial charge in [-0.15, -0.1) is 0 Å². The van der Waals surface area contributed by atoms with E-state index >= 15 is 0 Å². The van der Waals surface area contributed by atoms with Gasteiger partial charge in [0.1, 0.15) is 17.6 Å². The first kappa shape index (κ1) is 8.38. The van der Waals surface area contributed by atoms with Gasteiger partial charge in [0, 0.05) is 18.7 Å².